The number of carbonyl (C=O) groups is 1. The highest BCUT2D eigenvalue weighted by Gasteiger charge is 2.08. The maximum absolute atomic E-state index is 11.9. The first-order valence-corrected chi connectivity index (χ1v) is 6.54. The number of anilines is 1. The summed E-state index contributed by atoms with van der Waals surface area (Å²) in [6.07, 6.45) is 1.76. The van der Waals surface area contributed by atoms with Gasteiger partial charge in [0.25, 0.3) is 0 Å². The number of aryl methyl sites for hydroxylation is 1. The fourth-order valence-corrected chi connectivity index (χ4v) is 1.84. The molecule has 0 aliphatic rings. The van der Waals surface area contributed by atoms with Gasteiger partial charge in [0.2, 0.25) is 5.91 Å². The predicted molar refractivity (Wildman–Crippen MR) is 77.1 cm³/mol. The Hall–Kier alpha value is -1.88. The lowest BCUT2D eigenvalue weighted by molar-refractivity contribution is -0.115. The van der Waals surface area contributed by atoms with Crippen molar-refractivity contribution in [2.45, 2.75) is 13.3 Å². The molecule has 1 amide bonds. The maximum Gasteiger partial charge on any atom is 0.230 e. The number of benzene rings is 1. The lowest BCUT2D eigenvalue weighted by Crippen LogP contribution is -2.15. The van der Waals surface area contributed by atoms with Gasteiger partial charge in [-0.15, -0.1) is 0 Å². The summed E-state index contributed by atoms with van der Waals surface area (Å²) >= 11 is 3.35. The molecule has 0 aliphatic heterocycles. The minimum atomic E-state index is -0.212. The Bertz CT molecular complexity index is 614. The number of aromatic hydroxyl groups is 1. The van der Waals surface area contributed by atoms with Crippen molar-refractivity contribution >= 4 is 27.7 Å². The quantitative estimate of drug-likeness (QED) is 0.913. The molecule has 5 heteroatoms. The van der Waals surface area contributed by atoms with Crippen LogP contribution >= 0.6 is 15.9 Å². The molecule has 2 aromatic rings. The van der Waals surface area contributed by atoms with Crippen molar-refractivity contribution in [3.63, 3.8) is 0 Å². The van der Waals surface area contributed by atoms with Gasteiger partial charge in [-0.3, -0.25) is 4.79 Å². The molecule has 0 unspecified atom stereocenters. The lowest BCUT2D eigenvalue weighted by atomic mass is 10.1. The van der Waals surface area contributed by atoms with Crippen molar-refractivity contribution in [3.8, 4) is 5.75 Å². The Morgan fingerprint density at radius 3 is 2.84 bits per heavy atom. The molecule has 0 radical (unpaired) electrons. The van der Waals surface area contributed by atoms with Crippen LogP contribution < -0.4 is 5.32 Å². The SMILES string of the molecule is Cc1cc(NC(=O)Cc2ccccc2O)ncc1Br. The summed E-state index contributed by atoms with van der Waals surface area (Å²) < 4.78 is 0.895. The summed E-state index contributed by atoms with van der Waals surface area (Å²) in [5.74, 6) is 0.412. The third-order valence-corrected chi connectivity index (χ3v) is 3.49. The Kier molecular flexibility index (Phi) is 4.16. The van der Waals surface area contributed by atoms with Gasteiger partial charge < -0.3 is 10.4 Å². The molecule has 98 valence electrons. The molecule has 19 heavy (non-hydrogen) atoms. The minimum absolute atomic E-state index is 0.115. The molecule has 0 fully saturated rings. The lowest BCUT2D eigenvalue weighted by Gasteiger charge is -2.07. The summed E-state index contributed by atoms with van der Waals surface area (Å²) in [5, 5.41) is 12.3. The molecule has 0 saturated heterocycles. The van der Waals surface area contributed by atoms with E-state index in [0.717, 1.165) is 10.0 Å². The fourth-order valence-electron chi connectivity index (χ4n) is 1.63. The number of carbonyl (C=O) groups excluding carboxylic acids is 1. The van der Waals surface area contributed by atoms with Crippen molar-refractivity contribution in [1.29, 1.82) is 0 Å². The first-order chi connectivity index (χ1) is 9.06. The molecule has 0 saturated carbocycles. The summed E-state index contributed by atoms with van der Waals surface area (Å²) in [6.45, 7) is 1.92. The van der Waals surface area contributed by atoms with Crippen LogP contribution in [0.15, 0.2) is 41.0 Å². The molecule has 1 heterocycles. The number of para-hydroxylation sites is 1. The maximum atomic E-state index is 11.9. The molecular formula is C14H13BrN2O2. The van der Waals surface area contributed by atoms with Crippen LogP contribution in [0.1, 0.15) is 11.1 Å². The van der Waals surface area contributed by atoms with E-state index in [1.54, 1.807) is 36.5 Å². The fraction of sp³-hybridized carbons (Fsp3) is 0.143. The number of aromatic nitrogens is 1. The predicted octanol–water partition coefficient (Wildman–Crippen LogP) is 3.04. The number of phenols is 1. The summed E-state index contributed by atoms with van der Waals surface area (Å²) in [4.78, 5) is 16.0. The van der Waals surface area contributed by atoms with Crippen molar-refractivity contribution in [3.05, 3.63) is 52.1 Å². The molecule has 0 aliphatic carbocycles. The second-order valence-electron chi connectivity index (χ2n) is 4.17. The third-order valence-electron chi connectivity index (χ3n) is 2.66. The zero-order chi connectivity index (χ0) is 13.8. The van der Waals surface area contributed by atoms with Crippen LogP contribution in [-0.2, 0) is 11.2 Å². The summed E-state index contributed by atoms with van der Waals surface area (Å²) in [6, 6.07) is 8.56. The highest BCUT2D eigenvalue weighted by atomic mass is 79.9. The number of hydrogen-bond donors (Lipinski definition) is 2. The van der Waals surface area contributed by atoms with Crippen LogP contribution in [0.3, 0.4) is 0 Å². The molecule has 4 nitrogen and oxygen atoms in total. The van der Waals surface area contributed by atoms with Crippen LogP contribution in [0, 0.1) is 6.92 Å². The van der Waals surface area contributed by atoms with Gasteiger partial charge in [0.15, 0.2) is 0 Å². The second-order valence-corrected chi connectivity index (χ2v) is 5.03. The number of amides is 1. The Morgan fingerprint density at radius 1 is 1.42 bits per heavy atom. The average Bonchev–Trinajstić information content (AvgIpc) is 2.37. The molecular weight excluding hydrogens is 308 g/mol. The minimum Gasteiger partial charge on any atom is -0.508 e. The van der Waals surface area contributed by atoms with Gasteiger partial charge in [-0.25, -0.2) is 4.98 Å². The summed E-state index contributed by atoms with van der Waals surface area (Å²) in [5.41, 5.74) is 1.58. The van der Waals surface area contributed by atoms with Crippen LogP contribution in [-0.4, -0.2) is 16.0 Å². The molecule has 0 bridgehead atoms. The molecule has 2 rings (SSSR count). The monoisotopic (exact) mass is 320 g/mol. The van der Waals surface area contributed by atoms with E-state index in [2.05, 4.69) is 26.2 Å². The smallest absolute Gasteiger partial charge is 0.230 e. The van der Waals surface area contributed by atoms with Gasteiger partial charge in [-0.1, -0.05) is 18.2 Å². The zero-order valence-electron chi connectivity index (χ0n) is 10.4. The number of phenolic OH excluding ortho intramolecular Hbond substituents is 1. The van der Waals surface area contributed by atoms with Crippen molar-refractivity contribution in [1.82, 2.24) is 4.98 Å². The van der Waals surface area contributed by atoms with Gasteiger partial charge in [-0.05, 0) is 40.5 Å². The first kappa shape index (κ1) is 13.5. The highest BCUT2D eigenvalue weighted by molar-refractivity contribution is 9.10. The number of nitrogens with one attached hydrogen (secondary N) is 1. The van der Waals surface area contributed by atoms with Crippen LogP contribution in [0.25, 0.3) is 0 Å². The second kappa shape index (κ2) is 5.84. The van der Waals surface area contributed by atoms with Gasteiger partial charge in [-0.2, -0.15) is 0 Å². The van der Waals surface area contributed by atoms with E-state index in [1.807, 2.05) is 6.92 Å². The Labute approximate surface area is 119 Å². The largest absolute Gasteiger partial charge is 0.508 e. The van der Waals surface area contributed by atoms with E-state index >= 15 is 0 Å². The normalized spacial score (nSPS) is 10.2. The van der Waals surface area contributed by atoms with E-state index in [9.17, 15) is 9.90 Å². The van der Waals surface area contributed by atoms with Crippen molar-refractivity contribution in [2.75, 3.05) is 5.32 Å². The van der Waals surface area contributed by atoms with E-state index < -0.39 is 0 Å². The van der Waals surface area contributed by atoms with Gasteiger partial charge in [0.1, 0.15) is 11.6 Å². The van der Waals surface area contributed by atoms with Crippen LogP contribution in [0.4, 0.5) is 5.82 Å². The van der Waals surface area contributed by atoms with E-state index in [4.69, 9.17) is 0 Å². The number of nitrogens with zero attached hydrogens (tertiary/aromatic N) is 1. The number of pyridine rings is 1. The number of rotatable bonds is 3. The van der Waals surface area contributed by atoms with Crippen molar-refractivity contribution < 1.29 is 9.90 Å². The third kappa shape index (κ3) is 3.54. The van der Waals surface area contributed by atoms with Gasteiger partial charge >= 0.3 is 0 Å². The van der Waals surface area contributed by atoms with E-state index in [0.29, 0.717) is 11.4 Å². The van der Waals surface area contributed by atoms with Crippen LogP contribution in [0.2, 0.25) is 0 Å². The Balaban J connectivity index is 2.05. The number of hydrogen-bond acceptors (Lipinski definition) is 3. The topological polar surface area (TPSA) is 62.2 Å². The zero-order valence-corrected chi connectivity index (χ0v) is 11.9. The molecule has 0 atom stereocenters. The molecule has 0 spiro atoms. The molecule has 1 aromatic carbocycles. The average molecular weight is 321 g/mol. The van der Waals surface area contributed by atoms with Crippen molar-refractivity contribution in [2.24, 2.45) is 0 Å². The molecule has 2 N–H and O–H groups in total. The van der Waals surface area contributed by atoms with E-state index in [1.165, 1.54) is 0 Å². The summed E-state index contributed by atoms with van der Waals surface area (Å²) in [7, 11) is 0. The van der Waals surface area contributed by atoms with Gasteiger partial charge in [0, 0.05) is 16.2 Å². The van der Waals surface area contributed by atoms with E-state index in [-0.39, 0.29) is 18.1 Å². The standard InChI is InChI=1S/C14H13BrN2O2/c1-9-6-13(16-8-11(9)15)17-14(19)7-10-4-2-3-5-12(10)18/h2-6,8,18H,7H2,1H3,(H,16,17,19). The molecule has 1 aromatic heterocycles. The highest BCUT2D eigenvalue weighted by Crippen LogP contribution is 2.19. The number of halogens is 1. The Morgan fingerprint density at radius 2 is 2.16 bits per heavy atom. The first-order valence-electron chi connectivity index (χ1n) is 5.75. The van der Waals surface area contributed by atoms with Crippen LogP contribution in [0.5, 0.6) is 5.75 Å². The van der Waals surface area contributed by atoms with Gasteiger partial charge in [0.05, 0.1) is 6.42 Å².